The van der Waals surface area contributed by atoms with Crippen molar-refractivity contribution in [3.05, 3.63) is 35.9 Å². The van der Waals surface area contributed by atoms with E-state index in [0.717, 1.165) is 12.8 Å². The van der Waals surface area contributed by atoms with Crippen molar-refractivity contribution >= 4 is 11.8 Å². The lowest BCUT2D eigenvalue weighted by Crippen LogP contribution is -2.42. The van der Waals surface area contributed by atoms with Crippen LogP contribution in [0.3, 0.4) is 0 Å². The van der Waals surface area contributed by atoms with E-state index in [1.165, 1.54) is 0 Å². The second kappa shape index (κ2) is 9.47. The number of hydrogen-bond donors (Lipinski definition) is 3. The summed E-state index contributed by atoms with van der Waals surface area (Å²) in [6.45, 7) is 1.19. The van der Waals surface area contributed by atoms with Crippen molar-refractivity contribution in [2.75, 3.05) is 26.8 Å². The first-order chi connectivity index (χ1) is 13.5. The predicted molar refractivity (Wildman–Crippen MR) is 101 cm³/mol. The lowest BCUT2D eigenvalue weighted by atomic mass is 10.0. The Bertz CT molecular complexity index is 670. The molecule has 0 saturated carbocycles. The minimum atomic E-state index is -1.17. The molecule has 8 nitrogen and oxygen atoms in total. The summed E-state index contributed by atoms with van der Waals surface area (Å²) in [5.41, 5.74) is 0.500. The fourth-order valence-corrected chi connectivity index (χ4v) is 3.87. The molecule has 2 aliphatic rings. The number of aliphatic hydroxyl groups is 2. The van der Waals surface area contributed by atoms with Gasteiger partial charge in [0.25, 0.3) is 5.91 Å². The molecule has 2 saturated heterocycles. The van der Waals surface area contributed by atoms with E-state index in [1.807, 2.05) is 6.07 Å². The standard InChI is InChI=1S/C20H28N2O6/c1-27-12-14-8-5-9-22(14)17(23)10-15-18(24)19(25)16(28-15)11-21-20(26)13-6-3-2-4-7-13/h2-4,6-7,14-16,18-19,24-25H,5,8-12H2,1H3,(H,21,26)/t14-,15+,16+,18-,19+/m0/s1. The largest absolute Gasteiger partial charge is 0.388 e. The third-order valence-corrected chi connectivity index (χ3v) is 5.39. The molecule has 154 valence electrons. The van der Waals surface area contributed by atoms with Gasteiger partial charge in [-0.2, -0.15) is 0 Å². The van der Waals surface area contributed by atoms with E-state index in [-0.39, 0.29) is 30.8 Å². The van der Waals surface area contributed by atoms with Gasteiger partial charge in [0.1, 0.15) is 18.3 Å². The van der Waals surface area contributed by atoms with Gasteiger partial charge in [-0.3, -0.25) is 9.59 Å². The quantitative estimate of drug-likeness (QED) is 0.600. The summed E-state index contributed by atoms with van der Waals surface area (Å²) in [4.78, 5) is 26.5. The maximum absolute atomic E-state index is 12.6. The van der Waals surface area contributed by atoms with Crippen LogP contribution < -0.4 is 5.32 Å². The van der Waals surface area contributed by atoms with Gasteiger partial charge < -0.3 is 29.9 Å². The lowest BCUT2D eigenvalue weighted by molar-refractivity contribution is -0.137. The Kier molecular flexibility index (Phi) is 7.01. The van der Waals surface area contributed by atoms with Crippen LogP contribution in [0.15, 0.2) is 30.3 Å². The smallest absolute Gasteiger partial charge is 0.251 e. The molecule has 0 bridgehead atoms. The minimum Gasteiger partial charge on any atom is -0.388 e. The Morgan fingerprint density at radius 1 is 1.21 bits per heavy atom. The van der Waals surface area contributed by atoms with Crippen LogP contribution in [0, 0.1) is 0 Å². The number of nitrogens with zero attached hydrogens (tertiary/aromatic N) is 1. The minimum absolute atomic E-state index is 0.0123. The van der Waals surface area contributed by atoms with E-state index in [9.17, 15) is 19.8 Å². The number of ether oxygens (including phenoxy) is 2. The lowest BCUT2D eigenvalue weighted by Gasteiger charge is -2.26. The first-order valence-electron chi connectivity index (χ1n) is 9.64. The summed E-state index contributed by atoms with van der Waals surface area (Å²) in [5, 5.41) is 23.2. The zero-order valence-electron chi connectivity index (χ0n) is 16.0. The van der Waals surface area contributed by atoms with E-state index >= 15 is 0 Å². The monoisotopic (exact) mass is 392 g/mol. The van der Waals surface area contributed by atoms with Gasteiger partial charge in [0.05, 0.1) is 25.2 Å². The summed E-state index contributed by atoms with van der Waals surface area (Å²) < 4.78 is 10.9. The first kappa shape index (κ1) is 20.7. The van der Waals surface area contributed by atoms with Crippen LogP contribution in [0.2, 0.25) is 0 Å². The highest BCUT2D eigenvalue weighted by atomic mass is 16.5. The number of hydrogen-bond acceptors (Lipinski definition) is 6. The van der Waals surface area contributed by atoms with Crippen LogP contribution in [0.4, 0.5) is 0 Å². The molecule has 0 aromatic heterocycles. The van der Waals surface area contributed by atoms with Gasteiger partial charge >= 0.3 is 0 Å². The highest BCUT2D eigenvalue weighted by molar-refractivity contribution is 5.94. The Balaban J connectivity index is 1.52. The Hall–Kier alpha value is -2.00. The van der Waals surface area contributed by atoms with Gasteiger partial charge in [-0.15, -0.1) is 0 Å². The van der Waals surface area contributed by atoms with Crippen LogP contribution in [0.5, 0.6) is 0 Å². The molecule has 5 atom stereocenters. The van der Waals surface area contributed by atoms with Gasteiger partial charge in [0, 0.05) is 25.8 Å². The van der Waals surface area contributed by atoms with Gasteiger partial charge in [0.2, 0.25) is 5.91 Å². The highest BCUT2D eigenvalue weighted by Gasteiger charge is 2.44. The maximum atomic E-state index is 12.6. The Morgan fingerprint density at radius 3 is 2.64 bits per heavy atom. The van der Waals surface area contributed by atoms with Crippen molar-refractivity contribution in [2.24, 2.45) is 0 Å². The van der Waals surface area contributed by atoms with Crippen molar-refractivity contribution in [1.82, 2.24) is 10.2 Å². The summed E-state index contributed by atoms with van der Waals surface area (Å²) in [5.74, 6) is -0.408. The fraction of sp³-hybridized carbons (Fsp3) is 0.600. The topological polar surface area (TPSA) is 108 Å². The van der Waals surface area contributed by atoms with Crippen molar-refractivity contribution < 1.29 is 29.3 Å². The van der Waals surface area contributed by atoms with Crippen LogP contribution in [0.1, 0.15) is 29.6 Å². The third kappa shape index (κ3) is 4.70. The molecule has 8 heteroatoms. The van der Waals surface area contributed by atoms with Gasteiger partial charge in [0.15, 0.2) is 0 Å². The molecule has 2 aliphatic heterocycles. The number of benzene rings is 1. The Labute approximate surface area is 164 Å². The predicted octanol–water partition coefficient (Wildman–Crippen LogP) is -0.0669. The molecular weight excluding hydrogens is 364 g/mol. The summed E-state index contributed by atoms with van der Waals surface area (Å²) in [7, 11) is 1.61. The van der Waals surface area contributed by atoms with E-state index in [1.54, 1.807) is 36.3 Å². The SMILES string of the molecule is COC[C@@H]1CCCN1C(=O)C[C@H]1O[C@H](CNC(=O)c2ccccc2)[C@@H](O)[C@H]1O. The fourth-order valence-electron chi connectivity index (χ4n) is 3.87. The number of likely N-dealkylation sites (tertiary alicyclic amines) is 1. The Morgan fingerprint density at radius 2 is 1.93 bits per heavy atom. The van der Waals surface area contributed by atoms with Crippen LogP contribution in [-0.4, -0.2) is 84.2 Å². The van der Waals surface area contributed by atoms with Crippen molar-refractivity contribution in [3.63, 3.8) is 0 Å². The molecule has 1 aromatic rings. The second-order valence-corrected chi connectivity index (χ2v) is 7.31. The molecule has 0 spiro atoms. The van der Waals surface area contributed by atoms with E-state index < -0.39 is 24.4 Å². The first-order valence-corrected chi connectivity index (χ1v) is 9.64. The van der Waals surface area contributed by atoms with Crippen LogP contribution >= 0.6 is 0 Å². The van der Waals surface area contributed by atoms with Gasteiger partial charge in [-0.25, -0.2) is 0 Å². The zero-order chi connectivity index (χ0) is 20.1. The molecule has 0 unspecified atom stereocenters. The van der Waals surface area contributed by atoms with Crippen LogP contribution in [0.25, 0.3) is 0 Å². The maximum Gasteiger partial charge on any atom is 0.251 e. The third-order valence-electron chi connectivity index (χ3n) is 5.39. The number of nitrogens with one attached hydrogen (secondary N) is 1. The van der Waals surface area contributed by atoms with E-state index in [4.69, 9.17) is 9.47 Å². The average molecular weight is 392 g/mol. The summed E-state index contributed by atoms with van der Waals surface area (Å²) in [6, 6.07) is 8.75. The van der Waals surface area contributed by atoms with Gasteiger partial charge in [-0.1, -0.05) is 18.2 Å². The molecule has 1 aromatic carbocycles. The molecule has 0 radical (unpaired) electrons. The second-order valence-electron chi connectivity index (χ2n) is 7.31. The number of carbonyl (C=O) groups excluding carboxylic acids is 2. The molecule has 3 N–H and O–H groups in total. The van der Waals surface area contributed by atoms with Crippen molar-refractivity contribution in [1.29, 1.82) is 0 Å². The number of aliphatic hydroxyl groups excluding tert-OH is 2. The van der Waals surface area contributed by atoms with Crippen molar-refractivity contribution in [2.45, 2.75) is 49.7 Å². The number of rotatable bonds is 7. The summed E-state index contributed by atoms with van der Waals surface area (Å²) in [6.07, 6.45) is -2.11. The van der Waals surface area contributed by atoms with Crippen molar-refractivity contribution in [3.8, 4) is 0 Å². The molecule has 3 rings (SSSR count). The normalized spacial score (nSPS) is 29.8. The molecule has 28 heavy (non-hydrogen) atoms. The zero-order valence-corrected chi connectivity index (χ0v) is 16.0. The summed E-state index contributed by atoms with van der Waals surface area (Å²) >= 11 is 0. The molecule has 0 aliphatic carbocycles. The molecular formula is C20H28N2O6. The van der Waals surface area contributed by atoms with Gasteiger partial charge in [-0.05, 0) is 25.0 Å². The highest BCUT2D eigenvalue weighted by Crippen LogP contribution is 2.26. The number of amides is 2. The number of carbonyl (C=O) groups is 2. The number of methoxy groups -OCH3 is 1. The van der Waals surface area contributed by atoms with Crippen LogP contribution in [-0.2, 0) is 14.3 Å². The molecule has 2 heterocycles. The van der Waals surface area contributed by atoms with E-state index in [2.05, 4.69) is 5.32 Å². The molecule has 2 fully saturated rings. The van der Waals surface area contributed by atoms with E-state index in [0.29, 0.717) is 18.7 Å². The average Bonchev–Trinajstić information content (AvgIpc) is 3.27. The molecule has 2 amide bonds.